The second-order valence-electron chi connectivity index (χ2n) is 6.33. The van der Waals surface area contributed by atoms with Crippen LogP contribution in [0.15, 0.2) is 36.7 Å². The summed E-state index contributed by atoms with van der Waals surface area (Å²) in [5.41, 5.74) is 1.02. The second-order valence-corrected chi connectivity index (χ2v) is 6.33. The molecule has 3 rings (SSSR count). The van der Waals surface area contributed by atoms with Crippen molar-refractivity contribution in [3.8, 4) is 17.8 Å². The molecule has 1 aliphatic rings. The molecule has 0 radical (unpaired) electrons. The Kier molecular flexibility index (Phi) is 5.32. The quantitative estimate of drug-likeness (QED) is 0.821. The van der Waals surface area contributed by atoms with E-state index in [4.69, 9.17) is 14.7 Å². The standard InChI is InChI=1S/C19H20N4O3/c1-13(2)25-17-4-3-15(11-22-17)19(24)23-8-6-16(12-23)26-18-9-14(10-20)5-7-21-18/h3-5,7,9,11,13,16H,6,8,12H2,1-2H3. The maximum atomic E-state index is 12.6. The van der Waals surface area contributed by atoms with Crippen LogP contribution in [-0.4, -0.2) is 46.1 Å². The Labute approximate surface area is 152 Å². The number of amides is 1. The van der Waals surface area contributed by atoms with Crippen molar-refractivity contribution in [1.29, 1.82) is 5.26 Å². The number of carbonyl (C=O) groups excluding carboxylic acids is 1. The molecule has 7 nitrogen and oxygen atoms in total. The molecule has 3 heterocycles. The average molecular weight is 352 g/mol. The van der Waals surface area contributed by atoms with Crippen molar-refractivity contribution < 1.29 is 14.3 Å². The van der Waals surface area contributed by atoms with E-state index in [0.717, 1.165) is 0 Å². The smallest absolute Gasteiger partial charge is 0.255 e. The van der Waals surface area contributed by atoms with E-state index in [-0.39, 0.29) is 18.1 Å². The summed E-state index contributed by atoms with van der Waals surface area (Å²) in [4.78, 5) is 22.6. The zero-order valence-electron chi connectivity index (χ0n) is 14.8. The molecule has 134 valence electrons. The van der Waals surface area contributed by atoms with Gasteiger partial charge in [-0.2, -0.15) is 5.26 Å². The highest BCUT2D eigenvalue weighted by Crippen LogP contribution is 2.19. The lowest BCUT2D eigenvalue weighted by Gasteiger charge is -2.17. The van der Waals surface area contributed by atoms with Crippen LogP contribution in [0.25, 0.3) is 0 Å². The van der Waals surface area contributed by atoms with Gasteiger partial charge < -0.3 is 14.4 Å². The van der Waals surface area contributed by atoms with Gasteiger partial charge in [0.15, 0.2) is 0 Å². The second kappa shape index (κ2) is 7.83. The van der Waals surface area contributed by atoms with Crippen molar-refractivity contribution in [3.05, 3.63) is 47.8 Å². The molecule has 0 aliphatic carbocycles. The summed E-state index contributed by atoms with van der Waals surface area (Å²) in [6.07, 6.45) is 3.68. The first-order chi connectivity index (χ1) is 12.5. The third-order valence-corrected chi connectivity index (χ3v) is 3.92. The van der Waals surface area contributed by atoms with Crippen LogP contribution in [0, 0.1) is 11.3 Å². The van der Waals surface area contributed by atoms with Gasteiger partial charge in [-0.25, -0.2) is 9.97 Å². The van der Waals surface area contributed by atoms with Gasteiger partial charge in [0.25, 0.3) is 5.91 Å². The van der Waals surface area contributed by atoms with Crippen molar-refractivity contribution in [2.45, 2.75) is 32.5 Å². The van der Waals surface area contributed by atoms with E-state index in [2.05, 4.69) is 16.0 Å². The molecule has 0 N–H and O–H groups in total. The molecule has 1 atom stereocenters. The molecule has 26 heavy (non-hydrogen) atoms. The number of carbonyl (C=O) groups is 1. The Morgan fingerprint density at radius 2 is 2.15 bits per heavy atom. The van der Waals surface area contributed by atoms with E-state index in [9.17, 15) is 4.79 Å². The highest BCUT2D eigenvalue weighted by atomic mass is 16.5. The van der Waals surface area contributed by atoms with Crippen LogP contribution in [0.5, 0.6) is 11.8 Å². The van der Waals surface area contributed by atoms with Gasteiger partial charge in [-0.3, -0.25) is 4.79 Å². The van der Waals surface area contributed by atoms with Gasteiger partial charge in [-0.1, -0.05) is 0 Å². The number of pyridine rings is 2. The SMILES string of the molecule is CC(C)Oc1ccc(C(=O)N2CCC(Oc3cc(C#N)ccn3)C2)cn1. The topological polar surface area (TPSA) is 88.3 Å². The lowest BCUT2D eigenvalue weighted by Crippen LogP contribution is -2.31. The third kappa shape index (κ3) is 4.28. The molecule has 7 heteroatoms. The fourth-order valence-corrected chi connectivity index (χ4v) is 2.72. The lowest BCUT2D eigenvalue weighted by atomic mass is 10.2. The van der Waals surface area contributed by atoms with E-state index in [0.29, 0.717) is 42.4 Å². The summed E-state index contributed by atoms with van der Waals surface area (Å²) >= 11 is 0. The first-order valence-corrected chi connectivity index (χ1v) is 8.50. The normalized spacial score (nSPS) is 16.4. The van der Waals surface area contributed by atoms with Crippen molar-refractivity contribution in [2.24, 2.45) is 0 Å². The maximum Gasteiger partial charge on any atom is 0.255 e. The average Bonchev–Trinajstić information content (AvgIpc) is 3.10. The Morgan fingerprint density at radius 1 is 1.31 bits per heavy atom. The van der Waals surface area contributed by atoms with Gasteiger partial charge in [0.1, 0.15) is 6.10 Å². The number of nitriles is 1. The molecule has 0 bridgehead atoms. The number of ether oxygens (including phenoxy) is 2. The largest absolute Gasteiger partial charge is 0.475 e. The number of rotatable bonds is 5. The Balaban J connectivity index is 1.59. The van der Waals surface area contributed by atoms with Gasteiger partial charge in [-0.15, -0.1) is 0 Å². The van der Waals surface area contributed by atoms with E-state index in [1.807, 2.05) is 13.8 Å². The summed E-state index contributed by atoms with van der Waals surface area (Å²) < 4.78 is 11.3. The number of hydrogen-bond donors (Lipinski definition) is 0. The fourth-order valence-electron chi connectivity index (χ4n) is 2.72. The number of likely N-dealkylation sites (tertiary alicyclic amines) is 1. The number of aromatic nitrogens is 2. The van der Waals surface area contributed by atoms with E-state index >= 15 is 0 Å². The third-order valence-electron chi connectivity index (χ3n) is 3.92. The van der Waals surface area contributed by atoms with Gasteiger partial charge in [0.2, 0.25) is 11.8 Å². The molecule has 2 aromatic rings. The highest BCUT2D eigenvalue weighted by molar-refractivity contribution is 5.94. The van der Waals surface area contributed by atoms with Gasteiger partial charge in [-0.05, 0) is 26.0 Å². The lowest BCUT2D eigenvalue weighted by molar-refractivity contribution is 0.0770. The first kappa shape index (κ1) is 17.7. The van der Waals surface area contributed by atoms with Crippen LogP contribution in [0.2, 0.25) is 0 Å². The summed E-state index contributed by atoms with van der Waals surface area (Å²) in [6, 6.07) is 8.70. The molecule has 1 saturated heterocycles. The van der Waals surface area contributed by atoms with Crippen LogP contribution < -0.4 is 9.47 Å². The predicted octanol–water partition coefficient (Wildman–Crippen LogP) is 2.43. The number of hydrogen-bond acceptors (Lipinski definition) is 6. The zero-order chi connectivity index (χ0) is 18.5. The van der Waals surface area contributed by atoms with Crippen molar-refractivity contribution in [2.75, 3.05) is 13.1 Å². The molecule has 1 amide bonds. The van der Waals surface area contributed by atoms with Crippen LogP contribution >= 0.6 is 0 Å². The van der Waals surface area contributed by atoms with Crippen LogP contribution in [0.3, 0.4) is 0 Å². The molecule has 0 spiro atoms. The summed E-state index contributed by atoms with van der Waals surface area (Å²) in [5.74, 6) is 0.821. The van der Waals surface area contributed by atoms with Crippen molar-refractivity contribution in [3.63, 3.8) is 0 Å². The summed E-state index contributed by atoms with van der Waals surface area (Å²) in [5, 5.41) is 8.93. The number of nitrogens with zero attached hydrogens (tertiary/aromatic N) is 4. The van der Waals surface area contributed by atoms with Crippen LogP contribution in [0.4, 0.5) is 0 Å². The molecule has 1 aliphatic heterocycles. The maximum absolute atomic E-state index is 12.6. The summed E-state index contributed by atoms with van der Waals surface area (Å²) in [6.45, 7) is 4.92. The van der Waals surface area contributed by atoms with Crippen molar-refractivity contribution >= 4 is 5.91 Å². The molecular formula is C19H20N4O3. The minimum atomic E-state index is -0.142. The monoisotopic (exact) mass is 352 g/mol. The van der Waals surface area contributed by atoms with E-state index < -0.39 is 0 Å². The van der Waals surface area contributed by atoms with E-state index in [1.165, 1.54) is 12.4 Å². The fraction of sp³-hybridized carbons (Fsp3) is 0.368. The highest BCUT2D eigenvalue weighted by Gasteiger charge is 2.28. The first-order valence-electron chi connectivity index (χ1n) is 8.50. The minimum Gasteiger partial charge on any atom is -0.475 e. The Bertz CT molecular complexity index is 814. The minimum absolute atomic E-state index is 0.0358. The molecule has 0 saturated carbocycles. The Hall–Kier alpha value is -3.14. The summed E-state index contributed by atoms with van der Waals surface area (Å²) in [7, 11) is 0. The molecule has 0 aromatic carbocycles. The van der Waals surface area contributed by atoms with Crippen LogP contribution in [0.1, 0.15) is 36.2 Å². The molecular weight excluding hydrogens is 332 g/mol. The Morgan fingerprint density at radius 3 is 2.85 bits per heavy atom. The zero-order valence-corrected chi connectivity index (χ0v) is 14.8. The van der Waals surface area contributed by atoms with Crippen molar-refractivity contribution in [1.82, 2.24) is 14.9 Å². The van der Waals surface area contributed by atoms with E-state index in [1.54, 1.807) is 29.2 Å². The van der Waals surface area contributed by atoms with Gasteiger partial charge in [0, 0.05) is 37.5 Å². The predicted molar refractivity (Wildman–Crippen MR) is 93.9 cm³/mol. The molecule has 1 fully saturated rings. The molecule has 1 unspecified atom stereocenters. The van der Waals surface area contributed by atoms with Gasteiger partial charge >= 0.3 is 0 Å². The van der Waals surface area contributed by atoms with Gasteiger partial charge in [0.05, 0.1) is 29.8 Å². The van der Waals surface area contributed by atoms with Crippen LogP contribution in [-0.2, 0) is 0 Å². The molecule has 2 aromatic heterocycles.